The van der Waals surface area contributed by atoms with Gasteiger partial charge in [-0.15, -0.1) is 0 Å². The molecular formula is C41H52F2N6O8S. The number of nitrogens with one attached hydrogen (secondary N) is 3. The summed E-state index contributed by atoms with van der Waals surface area (Å²) in [5.41, 5.74) is -2.07. The first-order valence-corrected chi connectivity index (χ1v) is 22.4. The summed E-state index contributed by atoms with van der Waals surface area (Å²) >= 11 is 0. The van der Waals surface area contributed by atoms with Crippen molar-refractivity contribution in [3.8, 4) is 5.88 Å². The number of para-hydroxylation sites is 2. The van der Waals surface area contributed by atoms with Crippen molar-refractivity contribution in [1.82, 2.24) is 30.2 Å². The Bertz CT molecular complexity index is 2080. The SMILES string of the molecule is O=C1N[C@H]2CCCCC/C=C/[C@@H]3C[C@@]3(C(=O)NS(=O)(=O)C3CC3)NC(=O)C3CN(C[C@@H]3Oc3nc4ccccc4nc3C(F)(F)CCCCC3(CCCC3)CO1)C2=O. The number of rotatable bonds is 3. The van der Waals surface area contributed by atoms with E-state index in [9.17, 15) is 27.6 Å². The van der Waals surface area contributed by atoms with Gasteiger partial charge >= 0.3 is 6.09 Å². The first kappa shape index (κ1) is 40.4. The highest BCUT2D eigenvalue weighted by Crippen LogP contribution is 2.47. The minimum atomic E-state index is -3.95. The van der Waals surface area contributed by atoms with Crippen LogP contribution in [0.5, 0.6) is 5.88 Å². The number of hydrogen-bond donors (Lipinski definition) is 3. The van der Waals surface area contributed by atoms with Crippen LogP contribution in [-0.4, -0.2) is 89.7 Å². The summed E-state index contributed by atoms with van der Waals surface area (Å²) < 4.78 is 73.0. The van der Waals surface area contributed by atoms with Gasteiger partial charge in [-0.1, -0.05) is 56.4 Å². The van der Waals surface area contributed by atoms with Crippen LogP contribution >= 0.6 is 0 Å². The van der Waals surface area contributed by atoms with Gasteiger partial charge in [0.15, 0.2) is 5.69 Å². The molecule has 14 nitrogen and oxygen atoms in total. The quantitative estimate of drug-likeness (QED) is 0.349. The van der Waals surface area contributed by atoms with Crippen LogP contribution in [0.2, 0.25) is 0 Å². The Kier molecular flexibility index (Phi) is 11.1. The first-order valence-electron chi connectivity index (χ1n) is 20.9. The van der Waals surface area contributed by atoms with Crippen LogP contribution in [0, 0.1) is 17.3 Å². The molecule has 314 valence electrons. The van der Waals surface area contributed by atoms with Crippen LogP contribution < -0.4 is 20.1 Å². The maximum Gasteiger partial charge on any atom is 0.407 e. The molecule has 5 atom stereocenters. The Morgan fingerprint density at radius 3 is 2.33 bits per heavy atom. The second kappa shape index (κ2) is 16.0. The molecule has 1 aromatic heterocycles. The fourth-order valence-corrected chi connectivity index (χ4v) is 10.6. The normalized spacial score (nSPS) is 31.2. The van der Waals surface area contributed by atoms with Gasteiger partial charge in [0.25, 0.3) is 11.8 Å². The second-order valence-corrected chi connectivity index (χ2v) is 19.2. The minimum absolute atomic E-state index is 0.114. The lowest BCUT2D eigenvalue weighted by Gasteiger charge is -2.30. The Balaban J connectivity index is 1.16. The molecule has 1 aromatic carbocycles. The average molecular weight is 827 g/mol. The molecule has 8 rings (SSSR count). The third kappa shape index (κ3) is 8.51. The lowest BCUT2D eigenvalue weighted by Crippen LogP contribution is -2.55. The number of cyclic esters (lactones) is 1. The van der Waals surface area contributed by atoms with Crippen molar-refractivity contribution in [2.24, 2.45) is 17.3 Å². The van der Waals surface area contributed by atoms with Crippen LogP contribution in [0.4, 0.5) is 13.6 Å². The van der Waals surface area contributed by atoms with E-state index in [1.54, 1.807) is 24.3 Å². The number of carbonyl (C=O) groups is 4. The highest BCUT2D eigenvalue weighted by atomic mass is 32.2. The van der Waals surface area contributed by atoms with E-state index in [2.05, 4.69) is 25.3 Å². The fourth-order valence-electron chi connectivity index (χ4n) is 9.23. The molecule has 1 saturated heterocycles. The maximum atomic E-state index is 16.4. The number of fused-ring (bicyclic) bond motifs is 7. The predicted octanol–water partition coefficient (Wildman–Crippen LogP) is 5.16. The molecule has 1 spiro atoms. The predicted molar refractivity (Wildman–Crippen MR) is 207 cm³/mol. The van der Waals surface area contributed by atoms with Crippen molar-refractivity contribution < 1.29 is 45.9 Å². The van der Waals surface area contributed by atoms with Gasteiger partial charge in [-0.2, -0.15) is 8.78 Å². The van der Waals surface area contributed by atoms with Gasteiger partial charge in [0.05, 0.1) is 35.4 Å². The largest absolute Gasteiger partial charge is 0.470 e. The van der Waals surface area contributed by atoms with Gasteiger partial charge in [0.1, 0.15) is 17.7 Å². The molecule has 4 fully saturated rings. The molecular weight excluding hydrogens is 775 g/mol. The lowest BCUT2D eigenvalue weighted by atomic mass is 9.81. The molecule has 3 aliphatic heterocycles. The first-order chi connectivity index (χ1) is 27.8. The Morgan fingerprint density at radius 1 is 0.897 bits per heavy atom. The monoisotopic (exact) mass is 826 g/mol. The topological polar surface area (TPSA) is 186 Å². The highest BCUT2D eigenvalue weighted by molar-refractivity contribution is 7.91. The molecule has 0 radical (unpaired) electrons. The van der Waals surface area contributed by atoms with Crippen molar-refractivity contribution in [3.05, 3.63) is 42.1 Å². The molecule has 17 heteroatoms. The van der Waals surface area contributed by atoms with Crippen LogP contribution in [0.25, 0.3) is 11.0 Å². The van der Waals surface area contributed by atoms with E-state index in [1.807, 2.05) is 12.2 Å². The zero-order valence-electron chi connectivity index (χ0n) is 32.6. The zero-order chi connectivity index (χ0) is 40.7. The molecule has 4 heterocycles. The van der Waals surface area contributed by atoms with E-state index < -0.39 is 92.5 Å². The number of alkyl carbamates (subject to hydrolysis) is 1. The van der Waals surface area contributed by atoms with Gasteiger partial charge in [-0.25, -0.2) is 23.2 Å². The average Bonchev–Trinajstić information content (AvgIpc) is 4.08. The number of nitrogens with zero attached hydrogens (tertiary/aromatic N) is 3. The summed E-state index contributed by atoms with van der Waals surface area (Å²) in [6.07, 6.45) is 9.94. The molecule has 3 aliphatic carbocycles. The lowest BCUT2D eigenvalue weighted by molar-refractivity contribution is -0.134. The molecule has 2 aromatic rings. The van der Waals surface area contributed by atoms with Gasteiger partial charge < -0.3 is 25.0 Å². The van der Waals surface area contributed by atoms with Crippen molar-refractivity contribution >= 4 is 44.9 Å². The van der Waals surface area contributed by atoms with E-state index >= 15 is 8.78 Å². The molecule has 4 amide bonds. The van der Waals surface area contributed by atoms with E-state index in [-0.39, 0.29) is 43.5 Å². The number of allylic oxidation sites excluding steroid dienone is 1. The summed E-state index contributed by atoms with van der Waals surface area (Å²) in [7, 11) is -3.95. The van der Waals surface area contributed by atoms with Gasteiger partial charge in [-0.05, 0) is 76.3 Å². The summed E-state index contributed by atoms with van der Waals surface area (Å²) in [5.74, 6) is -7.73. The summed E-state index contributed by atoms with van der Waals surface area (Å²) in [6.45, 7) is -0.356. The maximum absolute atomic E-state index is 16.4. The zero-order valence-corrected chi connectivity index (χ0v) is 33.4. The molecule has 4 bridgehead atoms. The fraction of sp³-hybridized carbons (Fsp3) is 0.659. The van der Waals surface area contributed by atoms with E-state index in [4.69, 9.17) is 9.47 Å². The Labute approximate surface area is 336 Å². The van der Waals surface area contributed by atoms with Crippen LogP contribution in [-0.2, 0) is 35.1 Å². The van der Waals surface area contributed by atoms with E-state index in [0.29, 0.717) is 50.5 Å². The number of ether oxygens (including phenoxy) is 2. The van der Waals surface area contributed by atoms with Crippen molar-refractivity contribution in [2.75, 3.05) is 19.7 Å². The van der Waals surface area contributed by atoms with Gasteiger partial charge in [-0.3, -0.25) is 19.1 Å². The summed E-state index contributed by atoms with van der Waals surface area (Å²) in [4.78, 5) is 66.3. The number of amides is 4. The third-order valence-electron chi connectivity index (χ3n) is 13.0. The van der Waals surface area contributed by atoms with Gasteiger partial charge in [0, 0.05) is 24.3 Å². The van der Waals surface area contributed by atoms with Crippen LogP contribution in [0.1, 0.15) is 108 Å². The molecule has 3 saturated carbocycles. The Morgan fingerprint density at radius 2 is 1.60 bits per heavy atom. The molecule has 3 N–H and O–H groups in total. The van der Waals surface area contributed by atoms with Gasteiger partial charge in [0.2, 0.25) is 27.7 Å². The number of sulfonamides is 1. The standard InChI is InChI=1S/C41H52F2N6O8S/c42-41(43)21-11-10-20-39(18-8-9-19-39)25-56-38(53)46-31-15-5-3-1-2-4-12-26-22-40(26,37(52)48-58(54,55)27-16-17-27)47-34(50)28-23-49(36(31)51)24-32(28)57-35-33(41)44-29-13-6-7-14-30(29)45-35/h4,6-7,12-14,26-28,31-32H,1-3,5,8-11,15-25H2,(H,46,53)(H,47,50)(H,48,52)/b12-4+/t26-,28?,31+,32+,40-/m1/s1. The Hall–Kier alpha value is -4.41. The third-order valence-corrected chi connectivity index (χ3v) is 14.8. The van der Waals surface area contributed by atoms with Crippen molar-refractivity contribution in [1.29, 1.82) is 0 Å². The number of alkyl halides is 2. The number of carbonyl (C=O) groups excluding carboxylic acids is 4. The number of benzene rings is 1. The number of hydrogen-bond acceptors (Lipinski definition) is 10. The minimum Gasteiger partial charge on any atom is -0.470 e. The number of aromatic nitrogens is 2. The van der Waals surface area contributed by atoms with Crippen molar-refractivity contribution in [2.45, 2.75) is 132 Å². The molecule has 1 unspecified atom stereocenters. The molecule has 6 aliphatic rings. The highest BCUT2D eigenvalue weighted by Gasteiger charge is 2.62. The summed E-state index contributed by atoms with van der Waals surface area (Å²) in [6, 6.07) is 5.56. The number of halogens is 2. The van der Waals surface area contributed by atoms with Crippen molar-refractivity contribution in [3.63, 3.8) is 0 Å². The van der Waals surface area contributed by atoms with Crippen LogP contribution in [0.3, 0.4) is 0 Å². The second-order valence-electron chi connectivity index (χ2n) is 17.3. The van der Waals surface area contributed by atoms with E-state index in [1.165, 1.54) is 4.90 Å². The smallest absolute Gasteiger partial charge is 0.407 e. The van der Waals surface area contributed by atoms with E-state index in [0.717, 1.165) is 38.5 Å². The summed E-state index contributed by atoms with van der Waals surface area (Å²) in [5, 5.41) is 4.96. The molecule has 58 heavy (non-hydrogen) atoms. The van der Waals surface area contributed by atoms with Crippen LogP contribution in [0.15, 0.2) is 36.4 Å².